The molecular weight excluding hydrogens is 258 g/mol. The summed E-state index contributed by atoms with van der Waals surface area (Å²) in [5.74, 6) is 0.113. The van der Waals surface area contributed by atoms with Gasteiger partial charge in [-0.25, -0.2) is 9.78 Å². The second kappa shape index (κ2) is 6.88. The molecule has 1 rings (SSSR count). The molecule has 0 fully saturated rings. The normalized spacial score (nSPS) is 10.9. The van der Waals surface area contributed by atoms with Crippen LogP contribution in [0.15, 0.2) is 18.3 Å². The Morgan fingerprint density at radius 3 is 2.70 bits per heavy atom. The van der Waals surface area contributed by atoms with Gasteiger partial charge >= 0.3 is 6.09 Å². The summed E-state index contributed by atoms with van der Waals surface area (Å²) in [6.07, 6.45) is 2.78. The Labute approximate surface area is 118 Å². The number of nitrogens with one attached hydrogen (secondary N) is 1. The smallest absolute Gasteiger partial charge is 0.413 e. The van der Waals surface area contributed by atoms with Crippen LogP contribution >= 0.6 is 0 Å². The molecule has 6 heteroatoms. The van der Waals surface area contributed by atoms with Crippen molar-refractivity contribution in [2.75, 3.05) is 5.32 Å². The highest BCUT2D eigenvalue weighted by molar-refractivity contribution is 5.83. The van der Waals surface area contributed by atoms with E-state index in [2.05, 4.69) is 10.3 Å². The van der Waals surface area contributed by atoms with Crippen molar-refractivity contribution in [3.05, 3.63) is 23.9 Å². The summed E-state index contributed by atoms with van der Waals surface area (Å²) in [6.45, 7) is 5.38. The third-order valence-electron chi connectivity index (χ3n) is 2.34. The van der Waals surface area contributed by atoms with Gasteiger partial charge < -0.3 is 10.5 Å². The number of aromatic nitrogens is 1. The lowest BCUT2D eigenvalue weighted by molar-refractivity contribution is -0.118. The van der Waals surface area contributed by atoms with E-state index in [1.54, 1.807) is 33.0 Å². The molecule has 0 aromatic carbocycles. The fourth-order valence-electron chi connectivity index (χ4n) is 1.57. The van der Waals surface area contributed by atoms with Crippen LogP contribution in [0.3, 0.4) is 0 Å². The van der Waals surface area contributed by atoms with E-state index in [0.29, 0.717) is 25.1 Å². The molecule has 1 aromatic rings. The first-order valence-corrected chi connectivity index (χ1v) is 6.49. The number of aryl methyl sites for hydroxylation is 1. The first-order valence-electron chi connectivity index (χ1n) is 6.49. The van der Waals surface area contributed by atoms with Crippen molar-refractivity contribution in [2.24, 2.45) is 5.73 Å². The number of rotatable bonds is 5. The number of hydrogen-bond donors (Lipinski definition) is 2. The molecule has 2 amide bonds. The van der Waals surface area contributed by atoms with E-state index in [9.17, 15) is 9.59 Å². The van der Waals surface area contributed by atoms with E-state index in [1.807, 2.05) is 6.07 Å². The SMILES string of the molecule is CC(C)(C)OC(=O)Nc1cc(CCCC(N)=O)ccn1. The molecule has 20 heavy (non-hydrogen) atoms. The molecule has 0 spiro atoms. The van der Waals surface area contributed by atoms with Gasteiger partial charge in [0.15, 0.2) is 0 Å². The minimum Gasteiger partial charge on any atom is -0.444 e. The summed E-state index contributed by atoms with van der Waals surface area (Å²) in [5.41, 5.74) is 5.51. The lowest BCUT2D eigenvalue weighted by Gasteiger charge is -2.19. The molecule has 0 aliphatic heterocycles. The van der Waals surface area contributed by atoms with Gasteiger partial charge in [-0.1, -0.05) is 0 Å². The number of carbonyl (C=O) groups excluding carboxylic acids is 2. The number of anilines is 1. The van der Waals surface area contributed by atoms with Crippen molar-refractivity contribution in [3.8, 4) is 0 Å². The topological polar surface area (TPSA) is 94.3 Å². The average molecular weight is 279 g/mol. The van der Waals surface area contributed by atoms with Crippen molar-refractivity contribution in [1.29, 1.82) is 0 Å². The Bertz CT molecular complexity index is 481. The van der Waals surface area contributed by atoms with E-state index in [1.165, 1.54) is 0 Å². The first-order chi connectivity index (χ1) is 9.26. The van der Waals surface area contributed by atoms with Crippen LogP contribution in [0.25, 0.3) is 0 Å². The highest BCUT2D eigenvalue weighted by Gasteiger charge is 2.16. The third-order valence-corrected chi connectivity index (χ3v) is 2.34. The zero-order valence-corrected chi connectivity index (χ0v) is 12.1. The Morgan fingerprint density at radius 2 is 2.10 bits per heavy atom. The van der Waals surface area contributed by atoms with Crippen molar-refractivity contribution < 1.29 is 14.3 Å². The first kappa shape index (κ1) is 15.9. The zero-order chi connectivity index (χ0) is 15.2. The van der Waals surface area contributed by atoms with Crippen LogP contribution in [0.4, 0.5) is 10.6 Å². The molecule has 0 atom stereocenters. The third kappa shape index (κ3) is 6.72. The van der Waals surface area contributed by atoms with Crippen molar-refractivity contribution in [2.45, 2.75) is 45.6 Å². The van der Waals surface area contributed by atoms with Gasteiger partial charge in [0.1, 0.15) is 11.4 Å². The van der Waals surface area contributed by atoms with E-state index in [0.717, 1.165) is 5.56 Å². The number of primary amides is 1. The second-order valence-electron chi connectivity index (χ2n) is 5.50. The van der Waals surface area contributed by atoms with Crippen LogP contribution in [0.1, 0.15) is 39.2 Å². The van der Waals surface area contributed by atoms with Gasteiger partial charge in [-0.2, -0.15) is 0 Å². The van der Waals surface area contributed by atoms with E-state index >= 15 is 0 Å². The molecule has 0 radical (unpaired) electrons. The van der Waals surface area contributed by atoms with Gasteiger partial charge in [-0.05, 0) is 51.3 Å². The predicted molar refractivity (Wildman–Crippen MR) is 76.2 cm³/mol. The summed E-state index contributed by atoms with van der Waals surface area (Å²) < 4.78 is 5.14. The van der Waals surface area contributed by atoms with Gasteiger partial charge in [0.05, 0.1) is 0 Å². The maximum absolute atomic E-state index is 11.6. The monoisotopic (exact) mass is 279 g/mol. The number of nitrogens with zero attached hydrogens (tertiary/aromatic N) is 1. The van der Waals surface area contributed by atoms with E-state index in [4.69, 9.17) is 10.5 Å². The molecular formula is C14H21N3O3. The van der Waals surface area contributed by atoms with Gasteiger partial charge in [0.2, 0.25) is 5.91 Å². The molecule has 0 saturated heterocycles. The van der Waals surface area contributed by atoms with Crippen molar-refractivity contribution >= 4 is 17.8 Å². The molecule has 0 saturated carbocycles. The van der Waals surface area contributed by atoms with Gasteiger partial charge in [-0.3, -0.25) is 10.1 Å². The predicted octanol–water partition coefficient (Wildman–Crippen LogP) is 2.24. The lowest BCUT2D eigenvalue weighted by atomic mass is 10.1. The van der Waals surface area contributed by atoms with Crippen LogP contribution in [-0.2, 0) is 16.0 Å². The molecule has 0 unspecified atom stereocenters. The number of pyridine rings is 1. The maximum atomic E-state index is 11.6. The Hall–Kier alpha value is -2.11. The van der Waals surface area contributed by atoms with E-state index in [-0.39, 0.29) is 5.91 Å². The van der Waals surface area contributed by atoms with Gasteiger partial charge in [0, 0.05) is 12.6 Å². The summed E-state index contributed by atoms with van der Waals surface area (Å²) in [7, 11) is 0. The fourth-order valence-corrected chi connectivity index (χ4v) is 1.57. The van der Waals surface area contributed by atoms with Crippen LogP contribution in [-0.4, -0.2) is 22.6 Å². The summed E-state index contributed by atoms with van der Waals surface area (Å²) in [5, 5.41) is 2.57. The van der Waals surface area contributed by atoms with Crippen LogP contribution in [0.2, 0.25) is 0 Å². The molecule has 0 aliphatic carbocycles. The molecule has 1 heterocycles. The Kier molecular flexibility index (Phi) is 5.49. The zero-order valence-electron chi connectivity index (χ0n) is 12.1. The highest BCUT2D eigenvalue weighted by atomic mass is 16.6. The van der Waals surface area contributed by atoms with Crippen LogP contribution in [0.5, 0.6) is 0 Å². The number of hydrogen-bond acceptors (Lipinski definition) is 4. The van der Waals surface area contributed by atoms with Crippen molar-refractivity contribution in [3.63, 3.8) is 0 Å². The Balaban J connectivity index is 2.55. The maximum Gasteiger partial charge on any atom is 0.413 e. The summed E-state index contributed by atoms with van der Waals surface area (Å²) in [6, 6.07) is 3.59. The molecule has 0 aliphatic rings. The highest BCUT2D eigenvalue weighted by Crippen LogP contribution is 2.12. The number of amides is 2. The molecule has 6 nitrogen and oxygen atoms in total. The van der Waals surface area contributed by atoms with Crippen molar-refractivity contribution in [1.82, 2.24) is 4.98 Å². The number of carbonyl (C=O) groups is 2. The largest absolute Gasteiger partial charge is 0.444 e. The van der Waals surface area contributed by atoms with Crippen LogP contribution in [0, 0.1) is 0 Å². The average Bonchev–Trinajstić information content (AvgIpc) is 2.26. The van der Waals surface area contributed by atoms with Gasteiger partial charge in [-0.15, -0.1) is 0 Å². The van der Waals surface area contributed by atoms with Crippen LogP contribution < -0.4 is 11.1 Å². The lowest BCUT2D eigenvalue weighted by Crippen LogP contribution is -2.27. The summed E-state index contributed by atoms with van der Waals surface area (Å²) in [4.78, 5) is 26.3. The number of ether oxygens (including phenoxy) is 1. The Morgan fingerprint density at radius 1 is 1.40 bits per heavy atom. The molecule has 110 valence electrons. The summed E-state index contributed by atoms with van der Waals surface area (Å²) >= 11 is 0. The van der Waals surface area contributed by atoms with Gasteiger partial charge in [0.25, 0.3) is 0 Å². The molecule has 1 aromatic heterocycles. The molecule has 3 N–H and O–H groups in total. The minimum atomic E-state index is -0.552. The quantitative estimate of drug-likeness (QED) is 0.864. The second-order valence-corrected chi connectivity index (χ2v) is 5.50. The molecule has 0 bridgehead atoms. The standard InChI is InChI=1S/C14H21N3O3/c1-14(2,3)20-13(19)17-12-9-10(7-8-16-12)5-4-6-11(15)18/h7-9H,4-6H2,1-3H3,(H2,15,18)(H,16,17,19). The number of nitrogens with two attached hydrogens (primary N) is 1. The fraction of sp³-hybridized carbons (Fsp3) is 0.500. The van der Waals surface area contributed by atoms with E-state index < -0.39 is 11.7 Å². The minimum absolute atomic E-state index is 0.314.